The van der Waals surface area contributed by atoms with E-state index in [1.165, 1.54) is 0 Å². The van der Waals surface area contributed by atoms with E-state index < -0.39 is 26.5 Å². The first kappa shape index (κ1) is 45.0. The fraction of sp³-hybridized carbons (Fsp3) is 0.0435. The van der Waals surface area contributed by atoms with Crippen molar-refractivity contribution in [3.8, 4) is 0 Å². The second kappa shape index (κ2) is 22.3. The van der Waals surface area contributed by atoms with Gasteiger partial charge in [0.15, 0.2) is 14.3 Å². The smallest absolute Gasteiger partial charge is 0.390 e. The molecule has 0 amide bonds. The first-order valence-corrected chi connectivity index (χ1v) is 20.5. The van der Waals surface area contributed by atoms with E-state index in [4.69, 9.17) is 0 Å². The minimum Gasteiger partial charge on any atom is -0.390 e. The SMILES string of the molecule is O=P([C]1[CH][CH][CH][C]1[C@@H](O)[C@@H](O)[C]1[CH][CH][CH][C]1P(=O)(c1ccccc1)c1ccccc1)(c1ccccc1)c1ccccc1.[CH]1[CH][CH][CH][CH]1.[CH]1[CH][CH][CH][CH]1.[Fe+2].[Fe+2]. The molecule has 4 aromatic carbocycles. The molecule has 270 valence electrons. The Hall–Kier alpha value is -1.70. The van der Waals surface area contributed by atoms with Gasteiger partial charge in [-0.15, -0.1) is 0 Å². The Kier molecular flexibility index (Phi) is 18.6. The molecule has 4 fully saturated rings. The van der Waals surface area contributed by atoms with Gasteiger partial charge in [-0.25, -0.2) is 0 Å². The zero-order chi connectivity index (χ0) is 36.2. The molecule has 8 rings (SSSR count). The average molecular weight is 830 g/mol. The van der Waals surface area contributed by atoms with Gasteiger partial charge in [-0.1, -0.05) is 121 Å². The number of aliphatic hydroxyl groups is 2. The van der Waals surface area contributed by atoms with Crippen LogP contribution in [0.4, 0.5) is 0 Å². The second-order valence-corrected chi connectivity index (χ2v) is 17.6. The largest absolute Gasteiger partial charge is 2.00 e. The summed E-state index contributed by atoms with van der Waals surface area (Å²) in [4.78, 5) is 0. The zero-order valence-corrected chi connectivity index (χ0v) is 33.2. The predicted molar refractivity (Wildman–Crippen MR) is 213 cm³/mol. The van der Waals surface area contributed by atoms with Crippen molar-refractivity contribution < 1.29 is 53.5 Å². The van der Waals surface area contributed by atoms with Gasteiger partial charge < -0.3 is 19.3 Å². The molecule has 0 heterocycles. The number of rotatable bonds is 9. The van der Waals surface area contributed by atoms with Gasteiger partial charge in [-0.05, 0) is 103 Å². The molecule has 4 saturated carbocycles. The van der Waals surface area contributed by atoms with Crippen LogP contribution in [0.3, 0.4) is 0 Å². The van der Waals surface area contributed by atoms with Crippen molar-refractivity contribution in [1.82, 2.24) is 0 Å². The second-order valence-electron chi connectivity index (χ2n) is 12.1. The van der Waals surface area contributed by atoms with Crippen LogP contribution in [0.1, 0.15) is 0 Å². The third kappa shape index (κ3) is 10.4. The molecule has 0 unspecified atom stereocenters. The van der Waals surface area contributed by atoms with Crippen LogP contribution >= 0.6 is 14.3 Å². The molecule has 8 heteroatoms. The third-order valence-corrected chi connectivity index (χ3v) is 15.1. The van der Waals surface area contributed by atoms with Gasteiger partial charge in [0, 0.05) is 33.1 Å². The van der Waals surface area contributed by atoms with Crippen molar-refractivity contribution in [3.63, 3.8) is 0 Å². The molecular weight excluding hydrogens is 790 g/mol. The molecule has 4 nitrogen and oxygen atoms in total. The summed E-state index contributed by atoms with van der Waals surface area (Å²) < 4.78 is 30.1. The topological polar surface area (TPSA) is 74.6 Å². The molecule has 2 N–H and O–H groups in total. The maximum absolute atomic E-state index is 15.1. The number of aliphatic hydroxyl groups excluding tert-OH is 2. The fourth-order valence-corrected chi connectivity index (χ4v) is 12.1. The third-order valence-electron chi connectivity index (χ3n) is 8.86. The zero-order valence-electron chi connectivity index (χ0n) is 29.3. The molecule has 4 aliphatic carbocycles. The molecule has 0 saturated heterocycles. The van der Waals surface area contributed by atoms with Crippen molar-refractivity contribution in [1.29, 1.82) is 0 Å². The van der Waals surface area contributed by atoms with E-state index in [0.29, 0.717) is 44.4 Å². The Bertz CT molecular complexity index is 1490. The molecule has 0 bridgehead atoms. The van der Waals surface area contributed by atoms with Crippen LogP contribution in [-0.2, 0) is 43.3 Å². The summed E-state index contributed by atoms with van der Waals surface area (Å²) >= 11 is 0. The van der Waals surface area contributed by atoms with E-state index in [9.17, 15) is 10.2 Å². The summed E-state index contributed by atoms with van der Waals surface area (Å²) in [7, 11) is -6.81. The van der Waals surface area contributed by atoms with Crippen LogP contribution in [0.5, 0.6) is 0 Å². The Labute approximate surface area is 346 Å². The maximum Gasteiger partial charge on any atom is 2.00 e. The summed E-state index contributed by atoms with van der Waals surface area (Å²) in [6.07, 6.45) is 27.6. The van der Waals surface area contributed by atoms with Crippen LogP contribution in [0.15, 0.2) is 121 Å². The van der Waals surface area contributed by atoms with Crippen LogP contribution in [-0.4, -0.2) is 22.4 Å². The summed E-state index contributed by atoms with van der Waals surface area (Å²) in [5, 5.41) is 26.1. The van der Waals surface area contributed by atoms with Gasteiger partial charge in [-0.3, -0.25) is 0 Å². The van der Waals surface area contributed by atoms with E-state index in [1.54, 1.807) is 38.5 Å². The standard InChI is InChI=1S/C36H30O4P2.2C5H5.2Fe/c37-35(31-23-13-25-33(31)41(39,27-15-5-1-6-16-27)28-17-7-2-8-18-28)36(38)32-24-14-26-34(32)42(40,29-19-9-3-10-20-29)30-21-11-4-12-22-30;2*1-2-4-5-3-1;;/h1-26,35-38H;2*1-5H;;/q;;;2*+2/t35-,36+;;;;. The van der Waals surface area contributed by atoms with Gasteiger partial charge in [0.25, 0.3) is 0 Å². The molecule has 20 radical (unpaired) electrons. The molecule has 0 aliphatic heterocycles. The monoisotopic (exact) mass is 830 g/mol. The summed E-state index contributed by atoms with van der Waals surface area (Å²) in [5.74, 6) is 0.750. The van der Waals surface area contributed by atoms with Gasteiger partial charge >= 0.3 is 34.1 Å². The minimum atomic E-state index is -3.40. The quantitative estimate of drug-likeness (QED) is 0.138. The number of benzene rings is 4. The summed E-state index contributed by atoms with van der Waals surface area (Å²) in [5.41, 5.74) is 0.933. The Morgan fingerprint density at radius 3 is 0.778 bits per heavy atom. The van der Waals surface area contributed by atoms with Crippen molar-refractivity contribution in [2.45, 2.75) is 12.2 Å². The first-order chi connectivity index (χ1) is 25.5. The van der Waals surface area contributed by atoms with E-state index in [-0.39, 0.29) is 34.1 Å². The van der Waals surface area contributed by atoms with Crippen molar-refractivity contribution in [2.75, 3.05) is 0 Å². The first-order valence-electron chi connectivity index (χ1n) is 17.1. The van der Waals surface area contributed by atoms with Gasteiger partial charge in [-0.2, -0.15) is 0 Å². The van der Waals surface area contributed by atoms with Crippen molar-refractivity contribution >= 4 is 35.5 Å². The predicted octanol–water partition coefficient (Wildman–Crippen LogP) is 7.24. The van der Waals surface area contributed by atoms with Crippen LogP contribution in [0.25, 0.3) is 0 Å². The molecule has 2 atom stereocenters. The van der Waals surface area contributed by atoms with Crippen LogP contribution in [0.2, 0.25) is 0 Å². The van der Waals surface area contributed by atoms with Crippen molar-refractivity contribution in [2.24, 2.45) is 0 Å². The van der Waals surface area contributed by atoms with Crippen molar-refractivity contribution in [3.05, 3.63) is 247 Å². The number of hydrogen-bond donors (Lipinski definition) is 2. The summed E-state index contributed by atoms with van der Waals surface area (Å²) in [6.45, 7) is 0. The number of hydrogen-bond acceptors (Lipinski definition) is 4. The Balaban J connectivity index is 0.000000470. The van der Waals surface area contributed by atoms with E-state index in [1.807, 2.05) is 186 Å². The average Bonchev–Trinajstić information content (AvgIpc) is 4.07. The minimum absolute atomic E-state index is 0. The molecular formula is C46H40Fe2O4P2+4. The Morgan fingerprint density at radius 1 is 0.333 bits per heavy atom. The van der Waals surface area contributed by atoms with Gasteiger partial charge in [0.2, 0.25) is 0 Å². The van der Waals surface area contributed by atoms with E-state index >= 15 is 9.13 Å². The van der Waals surface area contributed by atoms with Gasteiger partial charge in [0.1, 0.15) is 0 Å². The fourth-order valence-electron chi connectivity index (χ4n) is 6.31. The van der Waals surface area contributed by atoms with E-state index in [0.717, 1.165) is 0 Å². The van der Waals surface area contributed by atoms with Crippen LogP contribution < -0.4 is 21.2 Å². The molecule has 4 aliphatic rings. The summed E-state index contributed by atoms with van der Waals surface area (Å²) in [6, 6.07) is 36.9. The molecule has 0 spiro atoms. The van der Waals surface area contributed by atoms with Gasteiger partial charge in [0.05, 0.1) is 23.5 Å². The van der Waals surface area contributed by atoms with E-state index in [2.05, 4.69) is 0 Å². The Morgan fingerprint density at radius 2 is 0.556 bits per heavy atom. The van der Waals surface area contributed by atoms with Crippen LogP contribution in [0, 0.1) is 126 Å². The molecule has 0 aromatic heterocycles. The molecule has 4 aromatic rings. The normalized spacial score (nSPS) is 19.4. The molecule has 54 heavy (non-hydrogen) atoms. The maximum atomic E-state index is 15.1.